The lowest BCUT2D eigenvalue weighted by molar-refractivity contribution is -0.136. The molecule has 0 amide bonds. The first kappa shape index (κ1) is 20.3. The molecule has 152 valence electrons. The molecule has 0 radical (unpaired) electrons. The molecular formula is C21H16N2O7. The number of hydrogen-bond acceptors (Lipinski definition) is 5. The van der Waals surface area contributed by atoms with Crippen LogP contribution in [0.4, 0.5) is 5.82 Å². The third-order valence-electron chi connectivity index (χ3n) is 4.46. The molecule has 9 heteroatoms. The summed E-state index contributed by atoms with van der Waals surface area (Å²) in [6, 6.07) is 13.1. The normalized spacial score (nSPS) is 10.5. The van der Waals surface area contributed by atoms with E-state index in [1.807, 2.05) is 0 Å². The van der Waals surface area contributed by atoms with Crippen LogP contribution in [0.15, 0.2) is 53.3 Å². The summed E-state index contributed by atoms with van der Waals surface area (Å²) in [4.78, 5) is 48.4. The van der Waals surface area contributed by atoms with Crippen molar-refractivity contribution in [3.63, 3.8) is 0 Å². The fourth-order valence-electron chi connectivity index (χ4n) is 3.20. The summed E-state index contributed by atoms with van der Waals surface area (Å²) in [6.07, 6.45) is -0.137. The van der Waals surface area contributed by atoms with E-state index in [-0.39, 0.29) is 17.5 Å². The Morgan fingerprint density at radius 1 is 0.833 bits per heavy atom. The van der Waals surface area contributed by atoms with Crippen LogP contribution in [0.5, 0.6) is 0 Å². The van der Waals surface area contributed by atoms with E-state index in [0.29, 0.717) is 11.1 Å². The lowest BCUT2D eigenvalue weighted by atomic mass is 9.93. The van der Waals surface area contributed by atoms with E-state index < -0.39 is 40.4 Å². The van der Waals surface area contributed by atoms with Gasteiger partial charge in [-0.1, -0.05) is 48.5 Å². The Morgan fingerprint density at radius 2 is 1.43 bits per heavy atom. The Kier molecular flexibility index (Phi) is 5.37. The number of nitrogens with two attached hydrogens (primary N) is 1. The highest BCUT2D eigenvalue weighted by molar-refractivity contribution is 6.07. The van der Waals surface area contributed by atoms with Gasteiger partial charge in [-0.25, -0.2) is 9.59 Å². The maximum Gasteiger partial charge on any atom is 0.342 e. The third kappa shape index (κ3) is 3.90. The Hall–Kier alpha value is -4.40. The van der Waals surface area contributed by atoms with Crippen molar-refractivity contribution in [3.05, 3.63) is 75.6 Å². The molecule has 2 aromatic carbocycles. The maximum atomic E-state index is 12.1. The van der Waals surface area contributed by atoms with Gasteiger partial charge in [0.15, 0.2) is 0 Å². The van der Waals surface area contributed by atoms with Gasteiger partial charge in [0.1, 0.15) is 16.9 Å². The van der Waals surface area contributed by atoms with Gasteiger partial charge >= 0.3 is 17.9 Å². The van der Waals surface area contributed by atoms with Crippen molar-refractivity contribution in [2.24, 2.45) is 0 Å². The number of nitrogens with one attached hydrogen (secondary N) is 1. The van der Waals surface area contributed by atoms with Crippen LogP contribution in [0.25, 0.3) is 22.3 Å². The minimum Gasteiger partial charge on any atom is -0.481 e. The second-order valence-electron chi connectivity index (χ2n) is 6.45. The zero-order valence-corrected chi connectivity index (χ0v) is 15.4. The highest BCUT2D eigenvalue weighted by Gasteiger charge is 2.26. The monoisotopic (exact) mass is 408 g/mol. The van der Waals surface area contributed by atoms with Crippen molar-refractivity contribution in [2.75, 3.05) is 5.73 Å². The summed E-state index contributed by atoms with van der Waals surface area (Å²) >= 11 is 0. The number of hydrogen-bond donors (Lipinski definition) is 5. The van der Waals surface area contributed by atoms with Gasteiger partial charge in [0.25, 0.3) is 5.56 Å². The number of H-pyrrole nitrogens is 1. The van der Waals surface area contributed by atoms with Gasteiger partial charge in [-0.05, 0) is 22.3 Å². The number of aromatic amines is 1. The number of aliphatic carboxylic acids is 1. The quantitative estimate of drug-likeness (QED) is 0.413. The molecule has 0 aliphatic heterocycles. The molecule has 0 unspecified atom stereocenters. The van der Waals surface area contributed by atoms with Gasteiger partial charge in [-0.3, -0.25) is 9.59 Å². The first-order valence-corrected chi connectivity index (χ1v) is 8.63. The van der Waals surface area contributed by atoms with E-state index in [9.17, 15) is 29.4 Å². The molecule has 0 aliphatic carbocycles. The molecule has 0 atom stereocenters. The number of nitrogen functional groups attached to an aromatic ring is 1. The minimum absolute atomic E-state index is 0.137. The average molecular weight is 408 g/mol. The molecule has 0 fully saturated rings. The Bertz CT molecular complexity index is 1230. The highest BCUT2D eigenvalue weighted by Crippen LogP contribution is 2.31. The zero-order chi connectivity index (χ0) is 22.0. The van der Waals surface area contributed by atoms with Crippen LogP contribution >= 0.6 is 0 Å². The van der Waals surface area contributed by atoms with Gasteiger partial charge < -0.3 is 26.0 Å². The van der Waals surface area contributed by atoms with E-state index in [1.54, 1.807) is 36.4 Å². The summed E-state index contributed by atoms with van der Waals surface area (Å²) < 4.78 is 0. The molecule has 30 heavy (non-hydrogen) atoms. The molecule has 0 saturated heterocycles. The molecule has 1 heterocycles. The van der Waals surface area contributed by atoms with Gasteiger partial charge in [0, 0.05) is 5.56 Å². The number of aromatic carboxylic acids is 2. The molecular weight excluding hydrogens is 392 g/mol. The van der Waals surface area contributed by atoms with Crippen molar-refractivity contribution in [1.82, 2.24) is 4.98 Å². The molecule has 9 nitrogen and oxygen atoms in total. The van der Waals surface area contributed by atoms with Crippen molar-refractivity contribution in [1.29, 1.82) is 0 Å². The van der Waals surface area contributed by atoms with E-state index in [1.165, 1.54) is 12.1 Å². The van der Waals surface area contributed by atoms with Crippen molar-refractivity contribution in [2.45, 2.75) is 6.42 Å². The summed E-state index contributed by atoms with van der Waals surface area (Å²) in [5.41, 5.74) is 5.31. The smallest absolute Gasteiger partial charge is 0.342 e. The number of benzene rings is 2. The number of carboxylic acid groups (broad SMARTS) is 3. The predicted molar refractivity (Wildman–Crippen MR) is 108 cm³/mol. The summed E-state index contributed by atoms with van der Waals surface area (Å²) in [7, 11) is 0. The summed E-state index contributed by atoms with van der Waals surface area (Å²) in [6.45, 7) is 0. The standard InChI is InChI=1S/C21H16N2O7/c22-18-16(20(27)28)15(17(21(29)30)19(26)23-18)12-6-4-11(5-7-12)13-3-1-2-10(8-13)9-14(24)25/h1-8H,9H2,(H,24,25)(H,27,28)(H,29,30)(H3,22,23,26). The van der Waals surface area contributed by atoms with Gasteiger partial charge in [0.2, 0.25) is 0 Å². The Balaban J connectivity index is 2.14. The fraction of sp³-hybridized carbons (Fsp3) is 0.0476. The molecule has 0 aliphatic rings. The number of anilines is 1. The Morgan fingerprint density at radius 3 is 2.00 bits per heavy atom. The summed E-state index contributed by atoms with van der Waals surface area (Å²) in [5.74, 6) is -4.47. The molecule has 3 rings (SSSR count). The van der Waals surface area contributed by atoms with Gasteiger partial charge in [-0.15, -0.1) is 0 Å². The van der Waals surface area contributed by atoms with Crippen molar-refractivity contribution >= 4 is 23.7 Å². The molecule has 1 aromatic heterocycles. The highest BCUT2D eigenvalue weighted by atomic mass is 16.4. The number of pyridine rings is 1. The molecule has 0 spiro atoms. The molecule has 0 bridgehead atoms. The third-order valence-corrected chi connectivity index (χ3v) is 4.46. The van der Waals surface area contributed by atoms with E-state index in [4.69, 9.17) is 10.8 Å². The number of aromatic nitrogens is 1. The number of rotatable bonds is 6. The van der Waals surface area contributed by atoms with Crippen LogP contribution < -0.4 is 11.3 Å². The fourth-order valence-corrected chi connectivity index (χ4v) is 3.20. The zero-order valence-electron chi connectivity index (χ0n) is 15.4. The average Bonchev–Trinajstić information content (AvgIpc) is 2.66. The number of carbonyl (C=O) groups is 3. The summed E-state index contributed by atoms with van der Waals surface area (Å²) in [5, 5.41) is 27.9. The first-order valence-electron chi connectivity index (χ1n) is 8.63. The second kappa shape index (κ2) is 7.92. The lowest BCUT2D eigenvalue weighted by Gasteiger charge is -2.13. The van der Waals surface area contributed by atoms with E-state index in [0.717, 1.165) is 5.56 Å². The van der Waals surface area contributed by atoms with Crippen LogP contribution in [-0.4, -0.2) is 38.2 Å². The lowest BCUT2D eigenvalue weighted by Crippen LogP contribution is -2.24. The topological polar surface area (TPSA) is 171 Å². The van der Waals surface area contributed by atoms with Gasteiger partial charge in [0.05, 0.1) is 6.42 Å². The SMILES string of the molecule is Nc1[nH]c(=O)c(C(=O)O)c(-c2ccc(-c3cccc(CC(=O)O)c3)cc2)c1C(=O)O. The van der Waals surface area contributed by atoms with Gasteiger partial charge in [-0.2, -0.15) is 0 Å². The second-order valence-corrected chi connectivity index (χ2v) is 6.45. The first-order chi connectivity index (χ1) is 14.2. The van der Waals surface area contributed by atoms with Crippen molar-refractivity contribution < 1.29 is 29.7 Å². The van der Waals surface area contributed by atoms with Crippen molar-refractivity contribution in [3.8, 4) is 22.3 Å². The maximum absolute atomic E-state index is 12.1. The largest absolute Gasteiger partial charge is 0.481 e. The predicted octanol–water partition coefficient (Wildman–Crippen LogP) is 2.31. The van der Waals surface area contributed by atoms with Crippen LogP contribution in [0.2, 0.25) is 0 Å². The molecule has 3 aromatic rings. The van der Waals surface area contributed by atoms with Crippen LogP contribution in [0.3, 0.4) is 0 Å². The van der Waals surface area contributed by atoms with Crippen LogP contribution in [0.1, 0.15) is 26.3 Å². The van der Waals surface area contributed by atoms with Crippen LogP contribution in [-0.2, 0) is 11.2 Å². The van der Waals surface area contributed by atoms with E-state index in [2.05, 4.69) is 4.98 Å². The molecule has 0 saturated carbocycles. The number of carboxylic acids is 3. The molecule has 6 N–H and O–H groups in total. The van der Waals surface area contributed by atoms with E-state index >= 15 is 0 Å². The Labute approximate surface area is 169 Å². The van der Waals surface area contributed by atoms with Crippen LogP contribution in [0, 0.1) is 0 Å². The minimum atomic E-state index is -1.58.